The summed E-state index contributed by atoms with van der Waals surface area (Å²) >= 11 is 0. The van der Waals surface area contributed by atoms with E-state index in [-0.39, 0.29) is 5.78 Å². The van der Waals surface area contributed by atoms with Gasteiger partial charge in [-0.2, -0.15) is 0 Å². The minimum atomic E-state index is 0.119. The number of benzene rings is 2. The van der Waals surface area contributed by atoms with Gasteiger partial charge in [0.25, 0.3) is 0 Å². The molecule has 2 aromatic rings. The largest absolute Gasteiger partial charge is 0.367 e. The predicted molar refractivity (Wildman–Crippen MR) is 106 cm³/mol. The van der Waals surface area contributed by atoms with Gasteiger partial charge in [-0.3, -0.25) is 4.79 Å². The lowest BCUT2D eigenvalue weighted by Crippen LogP contribution is -2.26. The fourth-order valence-corrected chi connectivity index (χ4v) is 2.56. The van der Waals surface area contributed by atoms with Crippen LogP contribution in [0.5, 0.6) is 0 Å². The molecule has 0 aromatic heterocycles. The van der Waals surface area contributed by atoms with Crippen molar-refractivity contribution in [1.82, 2.24) is 4.90 Å². The number of ketones is 1. The molecule has 0 N–H and O–H groups in total. The molecule has 0 bridgehead atoms. The van der Waals surface area contributed by atoms with Crippen LogP contribution in [0.25, 0.3) is 0 Å². The van der Waals surface area contributed by atoms with E-state index in [0.29, 0.717) is 6.54 Å². The molecule has 0 saturated heterocycles. The molecule has 4 heteroatoms. The highest BCUT2D eigenvalue weighted by Gasteiger charge is 2.14. The van der Waals surface area contributed by atoms with Crippen molar-refractivity contribution in [2.24, 2.45) is 4.99 Å². The molecule has 0 saturated carbocycles. The number of Topliss-reactive ketones (excluding diaryl/α,β-unsaturated/α-hetero) is 1. The van der Waals surface area contributed by atoms with Gasteiger partial charge in [-0.1, -0.05) is 18.2 Å². The smallest absolute Gasteiger partial charge is 0.182 e. The van der Waals surface area contributed by atoms with Crippen molar-refractivity contribution in [3.8, 4) is 0 Å². The van der Waals surface area contributed by atoms with Gasteiger partial charge < -0.3 is 9.80 Å². The highest BCUT2D eigenvalue weighted by Crippen LogP contribution is 2.24. The Balaban J connectivity index is 2.17. The Bertz CT molecular complexity index is 753. The Labute approximate surface area is 150 Å². The molecular formula is C21H27N3O. The Morgan fingerprint density at radius 2 is 1.76 bits per heavy atom. The fourth-order valence-electron chi connectivity index (χ4n) is 2.56. The van der Waals surface area contributed by atoms with Crippen LogP contribution in [0.4, 0.5) is 11.4 Å². The maximum Gasteiger partial charge on any atom is 0.182 e. The molecule has 0 aliphatic heterocycles. The third kappa shape index (κ3) is 4.92. The molecule has 4 nitrogen and oxygen atoms in total. The zero-order valence-electron chi connectivity index (χ0n) is 15.8. The molecule has 2 rings (SSSR count). The quantitative estimate of drug-likeness (QED) is 0.431. The first kappa shape index (κ1) is 18.7. The summed E-state index contributed by atoms with van der Waals surface area (Å²) < 4.78 is 0. The first-order chi connectivity index (χ1) is 11.9. The minimum Gasteiger partial charge on any atom is -0.367 e. The molecule has 25 heavy (non-hydrogen) atoms. The summed E-state index contributed by atoms with van der Waals surface area (Å²) in [6.07, 6.45) is 1.83. The minimum absolute atomic E-state index is 0.119. The van der Waals surface area contributed by atoms with Crippen molar-refractivity contribution >= 4 is 23.5 Å². The highest BCUT2D eigenvalue weighted by molar-refractivity contribution is 6.01. The van der Waals surface area contributed by atoms with Gasteiger partial charge in [-0.15, -0.1) is 0 Å². The molecule has 132 valence electrons. The molecule has 0 aliphatic carbocycles. The van der Waals surface area contributed by atoms with Crippen molar-refractivity contribution in [2.45, 2.75) is 20.8 Å². The molecule has 0 spiro atoms. The van der Waals surface area contributed by atoms with Crippen LogP contribution in [0.2, 0.25) is 0 Å². The van der Waals surface area contributed by atoms with Crippen molar-refractivity contribution < 1.29 is 4.79 Å². The Morgan fingerprint density at radius 1 is 1.08 bits per heavy atom. The number of para-hydroxylation sites is 1. The third-order valence-corrected chi connectivity index (χ3v) is 4.31. The lowest BCUT2D eigenvalue weighted by Gasteiger charge is -2.19. The van der Waals surface area contributed by atoms with E-state index in [4.69, 9.17) is 0 Å². The van der Waals surface area contributed by atoms with Gasteiger partial charge in [0.05, 0.1) is 18.6 Å². The average molecular weight is 337 g/mol. The van der Waals surface area contributed by atoms with Gasteiger partial charge in [0.2, 0.25) is 0 Å². The maximum atomic E-state index is 12.7. The van der Waals surface area contributed by atoms with Gasteiger partial charge in [0.1, 0.15) is 0 Å². The highest BCUT2D eigenvalue weighted by atomic mass is 16.1. The second-order valence-corrected chi connectivity index (χ2v) is 6.39. The summed E-state index contributed by atoms with van der Waals surface area (Å²) in [5, 5.41) is 0. The van der Waals surface area contributed by atoms with Crippen molar-refractivity contribution in [3.05, 3.63) is 59.2 Å². The summed E-state index contributed by atoms with van der Waals surface area (Å²) in [6, 6.07) is 13.9. The molecule has 0 radical (unpaired) electrons. The zero-order chi connectivity index (χ0) is 18.4. The number of carbonyl (C=O) groups excluding carboxylic acids is 1. The van der Waals surface area contributed by atoms with E-state index in [1.807, 2.05) is 86.5 Å². The third-order valence-electron chi connectivity index (χ3n) is 4.31. The molecular weight excluding hydrogens is 310 g/mol. The van der Waals surface area contributed by atoms with Crippen LogP contribution in [0.3, 0.4) is 0 Å². The Morgan fingerprint density at radius 3 is 2.40 bits per heavy atom. The van der Waals surface area contributed by atoms with E-state index in [9.17, 15) is 4.79 Å². The second kappa shape index (κ2) is 8.47. The van der Waals surface area contributed by atoms with E-state index >= 15 is 0 Å². The standard InChI is InChI=1S/C21H27N3O/c1-6-23(4)15-22-20-13-16(2)19(12-17(20)3)21(25)14-24(5)18-10-8-7-9-11-18/h7-13,15H,6,14H2,1-5H3/b22-15-. The zero-order valence-corrected chi connectivity index (χ0v) is 15.8. The van der Waals surface area contributed by atoms with Crippen LogP contribution in [-0.2, 0) is 0 Å². The number of nitrogens with zero attached hydrogens (tertiary/aromatic N) is 3. The predicted octanol–water partition coefficient (Wildman–Crippen LogP) is 4.23. The van der Waals surface area contributed by atoms with Gasteiger partial charge in [-0.25, -0.2) is 4.99 Å². The van der Waals surface area contributed by atoms with Crippen LogP contribution in [0, 0.1) is 13.8 Å². The van der Waals surface area contributed by atoms with E-state index in [0.717, 1.165) is 34.6 Å². The Hall–Kier alpha value is -2.62. The second-order valence-electron chi connectivity index (χ2n) is 6.39. The number of anilines is 1. The van der Waals surface area contributed by atoms with Crippen molar-refractivity contribution in [3.63, 3.8) is 0 Å². The molecule has 0 fully saturated rings. The van der Waals surface area contributed by atoms with E-state index in [2.05, 4.69) is 11.9 Å². The monoisotopic (exact) mass is 337 g/mol. The Kier molecular flexibility index (Phi) is 6.34. The number of aryl methyl sites for hydroxylation is 2. The number of carbonyl (C=O) groups is 1. The van der Waals surface area contributed by atoms with Gasteiger partial charge >= 0.3 is 0 Å². The van der Waals surface area contributed by atoms with Crippen LogP contribution in [-0.4, -0.2) is 44.2 Å². The first-order valence-electron chi connectivity index (χ1n) is 8.57. The number of aliphatic imine (C=N–C) groups is 1. The lowest BCUT2D eigenvalue weighted by atomic mass is 10.00. The number of hydrogen-bond donors (Lipinski definition) is 0. The van der Waals surface area contributed by atoms with Crippen LogP contribution >= 0.6 is 0 Å². The van der Waals surface area contributed by atoms with Crippen molar-refractivity contribution in [1.29, 1.82) is 0 Å². The van der Waals surface area contributed by atoms with Crippen molar-refractivity contribution in [2.75, 3.05) is 32.1 Å². The normalized spacial score (nSPS) is 10.9. The number of hydrogen-bond acceptors (Lipinski definition) is 3. The molecule has 0 heterocycles. The topological polar surface area (TPSA) is 35.9 Å². The summed E-state index contributed by atoms with van der Waals surface area (Å²) in [4.78, 5) is 21.3. The maximum absolute atomic E-state index is 12.7. The molecule has 2 aromatic carbocycles. The van der Waals surface area contributed by atoms with Crippen LogP contribution < -0.4 is 4.90 Å². The summed E-state index contributed by atoms with van der Waals surface area (Å²) in [6.45, 7) is 7.30. The average Bonchev–Trinajstić information content (AvgIpc) is 2.62. The number of rotatable bonds is 7. The van der Waals surface area contributed by atoms with Gasteiger partial charge in [0.15, 0.2) is 5.78 Å². The molecule has 0 aliphatic rings. The summed E-state index contributed by atoms with van der Waals surface area (Å²) in [7, 11) is 3.93. The lowest BCUT2D eigenvalue weighted by molar-refractivity contribution is 0.0999. The summed E-state index contributed by atoms with van der Waals surface area (Å²) in [5.41, 5.74) is 4.68. The van der Waals surface area contributed by atoms with E-state index in [1.54, 1.807) is 0 Å². The first-order valence-corrected chi connectivity index (χ1v) is 8.57. The fraction of sp³-hybridized carbons (Fsp3) is 0.333. The summed E-state index contributed by atoms with van der Waals surface area (Å²) in [5.74, 6) is 0.119. The molecule has 0 atom stereocenters. The van der Waals surface area contributed by atoms with Crippen LogP contribution in [0.1, 0.15) is 28.4 Å². The molecule has 0 amide bonds. The van der Waals surface area contributed by atoms with Gasteiger partial charge in [-0.05, 0) is 56.2 Å². The van der Waals surface area contributed by atoms with Gasteiger partial charge in [0, 0.05) is 31.9 Å². The molecule has 0 unspecified atom stereocenters. The van der Waals surface area contributed by atoms with E-state index in [1.165, 1.54) is 0 Å². The van der Waals surface area contributed by atoms with Crippen LogP contribution in [0.15, 0.2) is 47.5 Å². The SMILES string of the molecule is CCN(C)/C=N\c1cc(C)c(C(=O)CN(C)c2ccccc2)cc1C. The van der Waals surface area contributed by atoms with E-state index < -0.39 is 0 Å². The number of likely N-dealkylation sites (N-methyl/N-ethyl adjacent to an activating group) is 1.